The first-order chi connectivity index (χ1) is 13.2. The Hall–Kier alpha value is -3.43. The third-order valence-corrected chi connectivity index (χ3v) is 4.60. The van der Waals surface area contributed by atoms with Crippen molar-refractivity contribution in [2.75, 3.05) is 5.32 Å². The van der Waals surface area contributed by atoms with E-state index in [1.54, 1.807) is 11.6 Å². The maximum absolute atomic E-state index is 12.6. The summed E-state index contributed by atoms with van der Waals surface area (Å²) in [6, 6.07) is 2.67. The molecule has 0 spiro atoms. The van der Waals surface area contributed by atoms with Gasteiger partial charge in [0.2, 0.25) is 5.91 Å². The predicted octanol–water partition coefficient (Wildman–Crippen LogP) is 1.91. The van der Waals surface area contributed by atoms with Crippen LogP contribution in [-0.2, 0) is 11.5 Å². The van der Waals surface area contributed by atoms with E-state index in [2.05, 4.69) is 20.6 Å². The van der Waals surface area contributed by atoms with Crippen LogP contribution >= 0.6 is 0 Å². The highest BCUT2D eigenvalue weighted by Gasteiger charge is 2.21. The molecule has 0 aromatic carbocycles. The van der Waals surface area contributed by atoms with Crippen LogP contribution in [0.15, 0.2) is 18.3 Å². The number of aromatic nitrogens is 6. The van der Waals surface area contributed by atoms with Gasteiger partial charge in [-0.1, -0.05) is 0 Å². The fraction of sp³-hybridized carbons (Fsp3) is 0.389. The summed E-state index contributed by atoms with van der Waals surface area (Å²) in [4.78, 5) is 23.6. The first-order valence-electron chi connectivity index (χ1n) is 8.81. The lowest BCUT2D eigenvalue weighted by molar-refractivity contribution is -0.119. The molecule has 0 aliphatic carbocycles. The van der Waals surface area contributed by atoms with Gasteiger partial charge in [-0.3, -0.25) is 9.48 Å². The zero-order valence-electron chi connectivity index (χ0n) is 16.5. The fourth-order valence-corrected chi connectivity index (χ4v) is 2.98. The Morgan fingerprint density at radius 2 is 1.86 bits per heavy atom. The summed E-state index contributed by atoms with van der Waals surface area (Å²) in [5.74, 6) is -1.44. The van der Waals surface area contributed by atoms with E-state index in [-0.39, 0.29) is 11.6 Å². The smallest absolute Gasteiger partial charge is 0.356 e. The van der Waals surface area contributed by atoms with Gasteiger partial charge in [0, 0.05) is 11.9 Å². The lowest BCUT2D eigenvalue weighted by atomic mass is 10.2. The number of carbonyl (C=O) groups is 2. The van der Waals surface area contributed by atoms with Crippen molar-refractivity contribution in [2.45, 2.75) is 47.3 Å². The first-order valence-corrected chi connectivity index (χ1v) is 8.81. The van der Waals surface area contributed by atoms with Crippen LogP contribution in [0.3, 0.4) is 0 Å². The lowest BCUT2D eigenvalue weighted by Crippen LogP contribution is -2.25. The summed E-state index contributed by atoms with van der Waals surface area (Å²) in [7, 11) is 0. The van der Waals surface area contributed by atoms with E-state index in [1.807, 2.05) is 38.4 Å². The molecule has 10 nitrogen and oxygen atoms in total. The van der Waals surface area contributed by atoms with Crippen LogP contribution in [0.25, 0.3) is 0 Å². The molecule has 0 saturated carbocycles. The maximum atomic E-state index is 12.6. The summed E-state index contributed by atoms with van der Waals surface area (Å²) >= 11 is 0. The molecule has 0 aliphatic rings. The van der Waals surface area contributed by atoms with Gasteiger partial charge in [-0.15, -0.1) is 0 Å². The minimum Gasteiger partial charge on any atom is -0.476 e. The number of hydrogen-bond donors (Lipinski definition) is 2. The van der Waals surface area contributed by atoms with Gasteiger partial charge in [0.05, 0.1) is 22.8 Å². The predicted molar refractivity (Wildman–Crippen MR) is 101 cm³/mol. The molecule has 28 heavy (non-hydrogen) atoms. The van der Waals surface area contributed by atoms with Crippen molar-refractivity contribution in [2.24, 2.45) is 0 Å². The number of nitrogens with zero attached hydrogens (tertiary/aromatic N) is 6. The number of amides is 1. The van der Waals surface area contributed by atoms with Crippen LogP contribution in [-0.4, -0.2) is 46.3 Å². The Labute approximate surface area is 161 Å². The van der Waals surface area contributed by atoms with Crippen LogP contribution in [0.4, 0.5) is 5.69 Å². The van der Waals surface area contributed by atoms with E-state index in [0.29, 0.717) is 18.1 Å². The molecule has 3 rings (SSSR count). The van der Waals surface area contributed by atoms with Gasteiger partial charge in [0.15, 0.2) is 5.69 Å². The Morgan fingerprint density at radius 1 is 1.14 bits per heavy atom. The van der Waals surface area contributed by atoms with E-state index in [4.69, 9.17) is 5.11 Å². The molecule has 0 fully saturated rings. The summed E-state index contributed by atoms with van der Waals surface area (Å²) in [5.41, 5.74) is 3.97. The Kier molecular flexibility index (Phi) is 5.04. The highest BCUT2D eigenvalue weighted by Crippen LogP contribution is 2.21. The summed E-state index contributed by atoms with van der Waals surface area (Å²) < 4.78 is 4.95. The Morgan fingerprint density at radius 3 is 2.43 bits per heavy atom. The number of rotatable bonds is 6. The molecule has 3 aromatic rings. The Bertz CT molecular complexity index is 1040. The Balaban J connectivity index is 1.78. The highest BCUT2D eigenvalue weighted by molar-refractivity contribution is 5.94. The minimum absolute atomic E-state index is 0.107. The molecular formula is C18H23N7O3. The standard InChI is InChI=1S/C18H23N7O3/c1-10-8-11(2)24(20-10)9-25-13(4)16(12(3)21-25)19-17(26)14(5)23-7-6-15(22-23)18(27)28/h6-8,14H,9H2,1-5H3,(H,19,26)(H,27,28). The van der Waals surface area contributed by atoms with Gasteiger partial charge in [-0.2, -0.15) is 15.3 Å². The van der Waals surface area contributed by atoms with Crippen molar-refractivity contribution in [1.29, 1.82) is 0 Å². The van der Waals surface area contributed by atoms with Crippen LogP contribution in [0.1, 0.15) is 46.2 Å². The van der Waals surface area contributed by atoms with E-state index in [1.165, 1.54) is 16.9 Å². The van der Waals surface area contributed by atoms with Gasteiger partial charge >= 0.3 is 5.97 Å². The van der Waals surface area contributed by atoms with Crippen molar-refractivity contribution in [1.82, 2.24) is 29.3 Å². The molecule has 1 unspecified atom stereocenters. The van der Waals surface area contributed by atoms with E-state index in [9.17, 15) is 9.59 Å². The largest absolute Gasteiger partial charge is 0.476 e. The summed E-state index contributed by atoms with van der Waals surface area (Å²) in [5, 5.41) is 24.7. The number of carboxylic acid groups (broad SMARTS) is 1. The molecule has 10 heteroatoms. The van der Waals surface area contributed by atoms with Gasteiger partial charge in [-0.05, 0) is 46.8 Å². The van der Waals surface area contributed by atoms with Crippen molar-refractivity contribution in [3.63, 3.8) is 0 Å². The number of carbonyl (C=O) groups excluding carboxylic acids is 1. The third kappa shape index (κ3) is 3.66. The number of hydrogen-bond acceptors (Lipinski definition) is 5. The highest BCUT2D eigenvalue weighted by atomic mass is 16.4. The van der Waals surface area contributed by atoms with Crippen molar-refractivity contribution in [3.8, 4) is 0 Å². The van der Waals surface area contributed by atoms with Crippen LogP contribution in [0.2, 0.25) is 0 Å². The van der Waals surface area contributed by atoms with Crippen LogP contribution in [0.5, 0.6) is 0 Å². The fourth-order valence-electron chi connectivity index (χ4n) is 2.98. The number of aryl methyl sites for hydroxylation is 3. The molecule has 0 saturated heterocycles. The van der Waals surface area contributed by atoms with Gasteiger partial charge < -0.3 is 10.4 Å². The summed E-state index contributed by atoms with van der Waals surface area (Å²) in [6.45, 7) is 9.70. The van der Waals surface area contributed by atoms with Crippen molar-refractivity contribution in [3.05, 3.63) is 46.8 Å². The minimum atomic E-state index is -1.14. The van der Waals surface area contributed by atoms with Gasteiger partial charge in [0.25, 0.3) is 0 Å². The maximum Gasteiger partial charge on any atom is 0.356 e. The third-order valence-electron chi connectivity index (χ3n) is 4.60. The zero-order chi connectivity index (χ0) is 20.6. The van der Waals surface area contributed by atoms with Crippen molar-refractivity contribution < 1.29 is 14.7 Å². The van der Waals surface area contributed by atoms with Crippen LogP contribution in [0, 0.1) is 27.7 Å². The average molecular weight is 385 g/mol. The van der Waals surface area contributed by atoms with E-state index < -0.39 is 12.0 Å². The number of nitrogens with one attached hydrogen (secondary N) is 1. The molecule has 1 atom stereocenters. The summed E-state index contributed by atoms with van der Waals surface area (Å²) in [6.07, 6.45) is 1.47. The normalized spacial score (nSPS) is 12.2. The quantitative estimate of drug-likeness (QED) is 0.669. The monoisotopic (exact) mass is 385 g/mol. The lowest BCUT2D eigenvalue weighted by Gasteiger charge is -2.13. The molecule has 3 aromatic heterocycles. The second-order valence-corrected chi connectivity index (χ2v) is 6.76. The molecule has 2 N–H and O–H groups in total. The first kappa shape index (κ1) is 19.3. The number of carboxylic acids is 1. The zero-order valence-corrected chi connectivity index (χ0v) is 16.5. The van der Waals surface area contributed by atoms with Gasteiger partial charge in [0.1, 0.15) is 12.7 Å². The molecule has 3 heterocycles. The molecule has 0 radical (unpaired) electrons. The van der Waals surface area contributed by atoms with Gasteiger partial charge in [-0.25, -0.2) is 14.2 Å². The molecule has 0 aliphatic heterocycles. The molecule has 148 valence electrons. The molecule has 0 bridgehead atoms. The number of aromatic carboxylic acids is 1. The molecule has 1 amide bonds. The topological polar surface area (TPSA) is 120 Å². The molecular weight excluding hydrogens is 362 g/mol. The van der Waals surface area contributed by atoms with Crippen molar-refractivity contribution >= 4 is 17.6 Å². The van der Waals surface area contributed by atoms with Crippen LogP contribution < -0.4 is 5.32 Å². The van der Waals surface area contributed by atoms with E-state index in [0.717, 1.165) is 17.1 Å². The number of anilines is 1. The SMILES string of the molecule is Cc1cc(C)n(Cn2nc(C)c(NC(=O)C(C)n3ccc(C(=O)O)n3)c2C)n1. The average Bonchev–Trinajstić information content (AvgIpc) is 3.30. The van der Waals surface area contributed by atoms with E-state index >= 15 is 0 Å². The second kappa shape index (κ2) is 7.29. The second-order valence-electron chi connectivity index (χ2n) is 6.76.